The van der Waals surface area contributed by atoms with Crippen molar-refractivity contribution in [3.63, 3.8) is 0 Å². The Morgan fingerprint density at radius 1 is 0.769 bits per heavy atom. The first-order chi connectivity index (χ1) is 5.97. The van der Waals surface area contributed by atoms with Crippen LogP contribution in [0.4, 0.5) is 0 Å². The summed E-state index contributed by atoms with van der Waals surface area (Å²) in [6, 6.07) is 0. The molecule has 0 radical (unpaired) electrons. The summed E-state index contributed by atoms with van der Waals surface area (Å²) in [5.74, 6) is 0. The molecule has 13 heavy (non-hydrogen) atoms. The maximum absolute atomic E-state index is 9.66. The third-order valence-corrected chi connectivity index (χ3v) is 1.68. The fourth-order valence-electron chi connectivity index (χ4n) is 0.0833. The van der Waals surface area contributed by atoms with E-state index in [1.54, 1.807) is 0 Å². The Bertz CT molecular complexity index is 411. The van der Waals surface area contributed by atoms with Crippen LogP contribution in [0.15, 0.2) is 0 Å². The monoisotopic (exact) mass is 305 g/mol. The average Bonchev–Trinajstić information content (AvgIpc) is 2.09. The first-order valence-electron chi connectivity index (χ1n) is 2.14. The summed E-state index contributed by atoms with van der Waals surface area (Å²) in [5, 5.41) is 0. The summed E-state index contributed by atoms with van der Waals surface area (Å²) < 4.78 is 0. The van der Waals surface area contributed by atoms with Gasteiger partial charge in [-0.1, -0.05) is 0 Å². The topological polar surface area (TPSA) is 68.3 Å². The molecule has 0 saturated carbocycles. The molecule has 4 nitrogen and oxygen atoms in total. The second kappa shape index (κ2) is 8.51. The summed E-state index contributed by atoms with van der Waals surface area (Å²) in [7, 11) is -3.62. The fraction of sp³-hybridized carbons (Fsp3) is 0. The zero-order valence-electron chi connectivity index (χ0n) is 5.68. The molecule has 75 valence electrons. The molecule has 0 unspecified atom stereocenters. The van der Waals surface area contributed by atoms with Gasteiger partial charge in [-0.05, 0) is 0 Å². The van der Waals surface area contributed by atoms with Gasteiger partial charge in [0.2, 0.25) is 0 Å². The van der Waals surface area contributed by atoms with Crippen molar-refractivity contribution in [1.29, 1.82) is 0 Å². The number of rotatable bonds is 0. The van der Waals surface area contributed by atoms with Gasteiger partial charge in [0.1, 0.15) is 0 Å². The second-order valence-electron chi connectivity index (χ2n) is 1.02. The van der Waals surface area contributed by atoms with Gasteiger partial charge in [0.25, 0.3) is 0 Å². The van der Waals surface area contributed by atoms with Crippen LogP contribution in [0.2, 0.25) is 0 Å². The van der Waals surface area contributed by atoms with E-state index in [9.17, 15) is 19.2 Å². The van der Waals surface area contributed by atoms with E-state index in [-0.39, 0.29) is 0 Å². The number of hydrogen-bond donors (Lipinski definition) is 0. The molecule has 0 saturated heterocycles. The predicted octanol–water partition coefficient (Wildman–Crippen LogP) is -0.171. The molecular weight excluding hydrogens is 305 g/mol. The SMILES string of the molecule is Cl[SiH](Cl)Cl.O=[C]=[Co](=[C]=O)(=[C]=O)=[C]=O. The quantitative estimate of drug-likeness (QED) is 0.460. The average molecular weight is 306 g/mol. The van der Waals surface area contributed by atoms with Crippen molar-refractivity contribution in [3.8, 4) is 0 Å². The molecule has 0 aliphatic heterocycles. The molecule has 0 heterocycles. The fourth-order valence-corrected chi connectivity index (χ4v) is 0.344. The Hall–Kier alpha value is -0.0866. The Labute approximate surface area is 89.1 Å². The van der Waals surface area contributed by atoms with E-state index in [2.05, 4.69) is 0 Å². The van der Waals surface area contributed by atoms with Crippen LogP contribution in [-0.2, 0) is 30.1 Å². The van der Waals surface area contributed by atoms with Crippen LogP contribution in [0.25, 0.3) is 0 Å². The molecule has 0 bridgehead atoms. The summed E-state index contributed by atoms with van der Waals surface area (Å²) in [6.45, 7) is -1.72. The van der Waals surface area contributed by atoms with E-state index < -0.39 is 17.6 Å². The van der Waals surface area contributed by atoms with E-state index in [0.717, 1.165) is 19.3 Å². The molecule has 0 spiro atoms. The molecule has 0 atom stereocenters. The number of carbonyl (C=O) groups excluding carboxylic acids is 4. The second-order valence-corrected chi connectivity index (χ2v) is 9.86. The van der Waals surface area contributed by atoms with Gasteiger partial charge >= 0.3 is 56.1 Å². The van der Waals surface area contributed by atoms with Crippen LogP contribution >= 0.6 is 33.2 Å². The van der Waals surface area contributed by atoms with Crippen LogP contribution in [0.3, 0.4) is 0 Å². The van der Waals surface area contributed by atoms with Crippen LogP contribution in [0.1, 0.15) is 0 Å². The van der Waals surface area contributed by atoms with Crippen LogP contribution in [0, 0.1) is 0 Å². The molecule has 0 aliphatic rings. The van der Waals surface area contributed by atoms with Crippen LogP contribution in [-0.4, -0.2) is 26.0 Å². The van der Waals surface area contributed by atoms with Gasteiger partial charge in [-0.25, -0.2) is 0 Å². The van der Waals surface area contributed by atoms with Crippen LogP contribution < -0.4 is 0 Å². The molecule has 0 N–H and O–H groups in total. The summed E-state index contributed by atoms with van der Waals surface area (Å²) >= 11 is 14.8. The minimum absolute atomic E-state index is 0.953. The predicted molar refractivity (Wildman–Crippen MR) is 47.5 cm³/mol. The number of hydrogen-bond acceptors (Lipinski definition) is 4. The molecule has 0 fully saturated rings. The molecule has 0 aromatic heterocycles. The Kier molecular flexibility index (Phi) is 10.1. The van der Waals surface area contributed by atoms with Gasteiger partial charge in [0.15, 0.2) is 0 Å². The van der Waals surface area contributed by atoms with Crippen LogP contribution in [0.5, 0.6) is 0 Å². The Balaban J connectivity index is 0. The van der Waals surface area contributed by atoms with Gasteiger partial charge in [-0.15, -0.1) is 33.2 Å². The van der Waals surface area contributed by atoms with Gasteiger partial charge in [0.05, 0.1) is 0 Å². The van der Waals surface area contributed by atoms with E-state index in [4.69, 9.17) is 33.2 Å². The molecule has 9 heteroatoms. The van der Waals surface area contributed by atoms with Crippen molar-refractivity contribution in [2.45, 2.75) is 0 Å². The van der Waals surface area contributed by atoms with Crippen molar-refractivity contribution in [2.75, 3.05) is 0 Å². The number of halogens is 3. The standard InChI is InChI=1S/4CO.Cl3HSi.Co/c4*1-2;1-4(2)3;/h;;;;4H;. The summed E-state index contributed by atoms with van der Waals surface area (Å²) in [4.78, 5) is 42.4. The van der Waals surface area contributed by atoms with E-state index in [1.165, 1.54) is 0 Å². The Morgan fingerprint density at radius 3 is 0.923 bits per heavy atom. The maximum atomic E-state index is 9.66. The van der Waals surface area contributed by atoms with Gasteiger partial charge in [-0.2, -0.15) is 0 Å². The molecule has 0 amide bonds. The summed E-state index contributed by atoms with van der Waals surface area (Å²) in [5.41, 5.74) is 0. The van der Waals surface area contributed by atoms with Crippen molar-refractivity contribution in [1.82, 2.24) is 0 Å². The van der Waals surface area contributed by atoms with Gasteiger partial charge < -0.3 is 0 Å². The van der Waals surface area contributed by atoms with Gasteiger partial charge in [-0.3, -0.25) is 0 Å². The third kappa shape index (κ3) is 8.25. The Morgan fingerprint density at radius 2 is 0.923 bits per heavy atom. The normalized spacial score (nSPS) is 8.31. The van der Waals surface area contributed by atoms with E-state index in [1.807, 2.05) is 0 Å². The van der Waals surface area contributed by atoms with Crippen molar-refractivity contribution >= 4 is 59.3 Å². The molecule has 0 aromatic carbocycles. The van der Waals surface area contributed by atoms with E-state index >= 15 is 0 Å². The zero-order chi connectivity index (χ0) is 10.9. The first-order valence-corrected chi connectivity index (χ1v) is 9.46. The molecule has 0 aliphatic carbocycles. The summed E-state index contributed by atoms with van der Waals surface area (Å²) in [6.07, 6.45) is 0. The first kappa shape index (κ1) is 15.4. The molecular formula is C4HCl3CoO4Si. The molecule has 0 aromatic rings. The van der Waals surface area contributed by atoms with Crippen molar-refractivity contribution in [2.24, 2.45) is 0 Å². The van der Waals surface area contributed by atoms with Crippen molar-refractivity contribution in [3.05, 3.63) is 0 Å². The van der Waals surface area contributed by atoms with Gasteiger partial charge in [0, 0.05) is 0 Å². The van der Waals surface area contributed by atoms with E-state index in [0.29, 0.717) is 0 Å². The zero-order valence-corrected chi connectivity index (χ0v) is 10.1. The minimum atomic E-state index is -3.62. The van der Waals surface area contributed by atoms with Crippen molar-refractivity contribution < 1.29 is 30.1 Å². The molecule has 0 rings (SSSR count). The third-order valence-electron chi connectivity index (χ3n) is 0.408.